The molecule has 1 saturated heterocycles. The Bertz CT molecular complexity index is 1090. The van der Waals surface area contributed by atoms with E-state index in [-0.39, 0.29) is 18.5 Å². The Morgan fingerprint density at radius 3 is 2.37 bits per heavy atom. The van der Waals surface area contributed by atoms with Gasteiger partial charge < -0.3 is 5.32 Å². The summed E-state index contributed by atoms with van der Waals surface area (Å²) in [6.07, 6.45) is 0. The summed E-state index contributed by atoms with van der Waals surface area (Å²) in [6.45, 7) is 8.21. The van der Waals surface area contributed by atoms with Crippen LogP contribution in [0.5, 0.6) is 0 Å². The monoisotopic (exact) mass is 419 g/mol. The minimum absolute atomic E-state index is 0.159. The number of rotatable bonds is 5. The van der Waals surface area contributed by atoms with Gasteiger partial charge in [0.25, 0.3) is 5.91 Å². The second kappa shape index (κ2) is 7.69. The number of carbonyl (C=O) groups excluding carboxylic acids is 2. The van der Waals surface area contributed by atoms with Crippen molar-refractivity contribution in [2.75, 3.05) is 0 Å². The van der Waals surface area contributed by atoms with Gasteiger partial charge in [-0.15, -0.1) is 11.3 Å². The molecule has 1 aromatic heterocycles. The zero-order valence-electron chi connectivity index (χ0n) is 17.6. The number of urea groups is 1. The second-order valence-corrected chi connectivity index (χ2v) is 9.09. The number of aryl methyl sites for hydroxylation is 1. The minimum atomic E-state index is -1.07. The highest BCUT2D eigenvalue weighted by atomic mass is 32.1. The largest absolute Gasteiger partial charge is 0.325 e. The van der Waals surface area contributed by atoms with Crippen LogP contribution in [-0.4, -0.2) is 21.8 Å². The fraction of sp³-hybridized carbons (Fsp3) is 0.292. The number of amides is 3. The first-order chi connectivity index (χ1) is 14.3. The molecule has 1 fully saturated rings. The van der Waals surface area contributed by atoms with Crippen LogP contribution in [-0.2, 0) is 16.9 Å². The quantitative estimate of drug-likeness (QED) is 0.578. The predicted molar refractivity (Wildman–Crippen MR) is 119 cm³/mol. The third-order valence-corrected chi connectivity index (χ3v) is 6.54. The number of carbonyl (C=O) groups is 2. The molecule has 1 N–H and O–H groups in total. The van der Waals surface area contributed by atoms with Crippen molar-refractivity contribution in [3.63, 3.8) is 0 Å². The lowest BCUT2D eigenvalue weighted by Crippen LogP contribution is -2.40. The maximum atomic E-state index is 13.2. The number of aromatic nitrogens is 1. The van der Waals surface area contributed by atoms with Crippen LogP contribution in [0.15, 0.2) is 53.9 Å². The molecular weight excluding hydrogens is 394 g/mol. The maximum Gasteiger partial charge on any atom is 0.325 e. The third-order valence-electron chi connectivity index (χ3n) is 5.60. The molecule has 0 spiro atoms. The van der Waals surface area contributed by atoms with Gasteiger partial charge in [0.1, 0.15) is 10.5 Å². The van der Waals surface area contributed by atoms with E-state index in [1.807, 2.05) is 60.8 Å². The second-order valence-electron chi connectivity index (χ2n) is 8.23. The Morgan fingerprint density at radius 1 is 1.07 bits per heavy atom. The first kappa shape index (κ1) is 20.3. The third kappa shape index (κ3) is 3.63. The van der Waals surface area contributed by atoms with Gasteiger partial charge in [0, 0.05) is 10.9 Å². The predicted octanol–water partition coefficient (Wildman–Crippen LogP) is 5.21. The lowest BCUT2D eigenvalue weighted by molar-refractivity contribution is -0.131. The molecule has 154 valence electrons. The van der Waals surface area contributed by atoms with Crippen LogP contribution in [0.4, 0.5) is 4.79 Å². The molecule has 1 aliphatic rings. The zero-order valence-corrected chi connectivity index (χ0v) is 18.4. The smallest absolute Gasteiger partial charge is 0.319 e. The summed E-state index contributed by atoms with van der Waals surface area (Å²) in [5, 5.41) is 5.66. The van der Waals surface area contributed by atoms with E-state index in [0.717, 1.165) is 16.1 Å². The highest BCUT2D eigenvalue weighted by molar-refractivity contribution is 7.13. The van der Waals surface area contributed by atoms with Gasteiger partial charge in [-0.2, -0.15) is 0 Å². The molecule has 2 aromatic carbocycles. The van der Waals surface area contributed by atoms with Gasteiger partial charge in [-0.1, -0.05) is 67.9 Å². The molecule has 3 amide bonds. The molecule has 5 nitrogen and oxygen atoms in total. The summed E-state index contributed by atoms with van der Waals surface area (Å²) >= 11 is 1.51. The van der Waals surface area contributed by atoms with Gasteiger partial charge in [0.15, 0.2) is 0 Å². The molecule has 0 radical (unpaired) electrons. The van der Waals surface area contributed by atoms with E-state index < -0.39 is 5.54 Å². The summed E-state index contributed by atoms with van der Waals surface area (Å²) in [5.41, 5.74) is 3.84. The molecule has 30 heavy (non-hydrogen) atoms. The maximum absolute atomic E-state index is 13.2. The fourth-order valence-corrected chi connectivity index (χ4v) is 4.42. The number of nitrogens with one attached hydrogen (secondary N) is 1. The summed E-state index contributed by atoms with van der Waals surface area (Å²) in [6, 6.07) is 15.6. The molecule has 0 bridgehead atoms. The number of hydrogen-bond acceptors (Lipinski definition) is 4. The fourth-order valence-electron chi connectivity index (χ4n) is 3.61. The van der Waals surface area contributed by atoms with E-state index in [4.69, 9.17) is 0 Å². The number of imide groups is 1. The van der Waals surface area contributed by atoms with Gasteiger partial charge in [-0.05, 0) is 30.9 Å². The van der Waals surface area contributed by atoms with Crippen molar-refractivity contribution in [3.8, 4) is 10.6 Å². The standard InChI is InChI=1S/C24H25N3O2S/c1-15(2)17-9-11-19(12-10-17)24(4)22(28)27(23(29)26-24)13-20-14-30-21(25-20)18-7-5-16(3)6-8-18/h5-12,14-15H,13H2,1-4H3,(H,26,29)/t24-/m0/s1. The minimum Gasteiger partial charge on any atom is -0.319 e. The average Bonchev–Trinajstić information content (AvgIpc) is 3.28. The van der Waals surface area contributed by atoms with E-state index in [0.29, 0.717) is 11.6 Å². The van der Waals surface area contributed by atoms with E-state index >= 15 is 0 Å². The molecule has 0 aliphatic carbocycles. The molecule has 6 heteroatoms. The number of nitrogens with zero attached hydrogens (tertiary/aromatic N) is 2. The van der Waals surface area contributed by atoms with Crippen molar-refractivity contribution in [2.45, 2.75) is 45.7 Å². The van der Waals surface area contributed by atoms with Crippen molar-refractivity contribution in [3.05, 3.63) is 76.3 Å². The SMILES string of the molecule is Cc1ccc(-c2nc(CN3C(=O)N[C@@](C)(c4ccc(C(C)C)cc4)C3=O)cs2)cc1. The molecule has 0 saturated carbocycles. The molecular formula is C24H25N3O2S. The van der Waals surface area contributed by atoms with Gasteiger partial charge in [0.05, 0.1) is 12.2 Å². The molecule has 0 unspecified atom stereocenters. The first-order valence-electron chi connectivity index (χ1n) is 10.0. The molecule has 2 heterocycles. The van der Waals surface area contributed by atoms with Crippen LogP contribution in [0.3, 0.4) is 0 Å². The highest BCUT2D eigenvalue weighted by Crippen LogP contribution is 2.31. The summed E-state index contributed by atoms with van der Waals surface area (Å²) in [4.78, 5) is 31.7. The Labute approximate surface area is 180 Å². The van der Waals surface area contributed by atoms with Crippen molar-refractivity contribution in [2.24, 2.45) is 0 Å². The lowest BCUT2D eigenvalue weighted by atomic mass is 9.90. The highest BCUT2D eigenvalue weighted by Gasteiger charge is 2.49. The van der Waals surface area contributed by atoms with Crippen molar-refractivity contribution in [1.29, 1.82) is 0 Å². The number of benzene rings is 2. The van der Waals surface area contributed by atoms with Crippen LogP contribution in [0.1, 0.15) is 49.1 Å². The lowest BCUT2D eigenvalue weighted by Gasteiger charge is -2.22. The Kier molecular flexibility index (Phi) is 5.20. The summed E-state index contributed by atoms with van der Waals surface area (Å²) < 4.78 is 0. The summed E-state index contributed by atoms with van der Waals surface area (Å²) in [5.74, 6) is 0.152. The Hall–Kier alpha value is -2.99. The van der Waals surface area contributed by atoms with Crippen molar-refractivity contribution in [1.82, 2.24) is 15.2 Å². The first-order valence-corrected chi connectivity index (χ1v) is 10.9. The average molecular weight is 420 g/mol. The molecule has 1 aliphatic heterocycles. The van der Waals surface area contributed by atoms with Crippen molar-refractivity contribution >= 4 is 23.3 Å². The number of thiazole rings is 1. The Morgan fingerprint density at radius 2 is 1.73 bits per heavy atom. The van der Waals surface area contributed by atoms with E-state index in [2.05, 4.69) is 24.1 Å². The van der Waals surface area contributed by atoms with E-state index in [9.17, 15) is 9.59 Å². The van der Waals surface area contributed by atoms with Gasteiger partial charge >= 0.3 is 6.03 Å². The van der Waals surface area contributed by atoms with Crippen LogP contribution < -0.4 is 5.32 Å². The number of hydrogen-bond donors (Lipinski definition) is 1. The molecule has 4 rings (SSSR count). The van der Waals surface area contributed by atoms with Gasteiger partial charge in [-0.3, -0.25) is 9.69 Å². The summed E-state index contributed by atoms with van der Waals surface area (Å²) in [7, 11) is 0. The van der Waals surface area contributed by atoms with E-state index in [1.165, 1.54) is 27.4 Å². The molecule has 1 atom stereocenters. The van der Waals surface area contributed by atoms with E-state index in [1.54, 1.807) is 6.92 Å². The van der Waals surface area contributed by atoms with Gasteiger partial charge in [0.2, 0.25) is 0 Å². The Balaban J connectivity index is 1.54. The molecule has 3 aromatic rings. The van der Waals surface area contributed by atoms with Crippen LogP contribution in [0, 0.1) is 6.92 Å². The van der Waals surface area contributed by atoms with Crippen molar-refractivity contribution < 1.29 is 9.59 Å². The topological polar surface area (TPSA) is 62.3 Å². The van der Waals surface area contributed by atoms with Crippen LogP contribution in [0.2, 0.25) is 0 Å². The van der Waals surface area contributed by atoms with Crippen LogP contribution >= 0.6 is 11.3 Å². The normalized spacial score (nSPS) is 18.9. The zero-order chi connectivity index (χ0) is 21.5. The van der Waals surface area contributed by atoms with Gasteiger partial charge in [-0.25, -0.2) is 9.78 Å². The van der Waals surface area contributed by atoms with Crippen LogP contribution in [0.25, 0.3) is 10.6 Å².